The first-order valence-corrected chi connectivity index (χ1v) is 10.7. The summed E-state index contributed by atoms with van der Waals surface area (Å²) in [6.07, 6.45) is 13.2. The van der Waals surface area contributed by atoms with E-state index in [1.165, 1.54) is 12.2 Å². The third-order valence-corrected chi connectivity index (χ3v) is 4.84. The number of allylic oxidation sites excluding steroid dienone is 2. The maximum Gasteiger partial charge on any atom is 0.331 e. The molecule has 0 rings (SSSR count). The molecule has 0 saturated carbocycles. The zero-order chi connectivity index (χ0) is 20.5. The Labute approximate surface area is 166 Å². The van der Waals surface area contributed by atoms with Gasteiger partial charge in [0.25, 0.3) is 0 Å². The first-order chi connectivity index (χ1) is 13.0. The molecule has 0 spiro atoms. The molecule has 0 heterocycles. The summed E-state index contributed by atoms with van der Waals surface area (Å²) in [5, 5.41) is 0. The van der Waals surface area contributed by atoms with Crippen LogP contribution in [-0.2, 0) is 19.1 Å². The van der Waals surface area contributed by atoms with Crippen molar-refractivity contribution in [3.05, 3.63) is 23.8 Å². The van der Waals surface area contributed by atoms with Crippen LogP contribution >= 0.6 is 0 Å². The van der Waals surface area contributed by atoms with Crippen LogP contribution in [0.25, 0.3) is 0 Å². The summed E-state index contributed by atoms with van der Waals surface area (Å²) in [6, 6.07) is 0. The molecule has 0 aromatic heterocycles. The van der Waals surface area contributed by atoms with Gasteiger partial charge in [-0.1, -0.05) is 72.3 Å². The minimum absolute atomic E-state index is 0.355. The van der Waals surface area contributed by atoms with Gasteiger partial charge in [-0.15, -0.1) is 0 Å². The van der Waals surface area contributed by atoms with Gasteiger partial charge in [-0.25, -0.2) is 9.59 Å². The van der Waals surface area contributed by atoms with E-state index in [2.05, 4.69) is 27.7 Å². The monoisotopic (exact) mass is 380 g/mol. The van der Waals surface area contributed by atoms with Crippen molar-refractivity contribution < 1.29 is 19.1 Å². The number of unbranched alkanes of at least 4 members (excludes halogenated alkanes) is 2. The standard InChI is InChI=1S/C23H40O4/c1-6-10-12-20(8-3)17-26-22(24)15-14-19(5)16-23(25)27-18-21(9-4)13-11-7-2/h14-16,20-21H,6-13,17-18H2,1-5H3/b15-14+,19-16+. The van der Waals surface area contributed by atoms with Gasteiger partial charge in [0, 0.05) is 12.2 Å². The first-order valence-electron chi connectivity index (χ1n) is 10.7. The van der Waals surface area contributed by atoms with Crippen LogP contribution in [0.5, 0.6) is 0 Å². The molecule has 0 aromatic carbocycles. The van der Waals surface area contributed by atoms with Gasteiger partial charge >= 0.3 is 11.9 Å². The highest BCUT2D eigenvalue weighted by molar-refractivity contribution is 5.85. The number of hydrogen-bond acceptors (Lipinski definition) is 4. The van der Waals surface area contributed by atoms with Crippen LogP contribution < -0.4 is 0 Å². The zero-order valence-electron chi connectivity index (χ0n) is 18.1. The topological polar surface area (TPSA) is 52.6 Å². The van der Waals surface area contributed by atoms with Crippen molar-refractivity contribution in [2.45, 2.75) is 86.0 Å². The van der Waals surface area contributed by atoms with E-state index >= 15 is 0 Å². The largest absolute Gasteiger partial charge is 0.462 e. The van der Waals surface area contributed by atoms with E-state index in [0.717, 1.165) is 51.4 Å². The van der Waals surface area contributed by atoms with Gasteiger partial charge in [-0.2, -0.15) is 0 Å². The Bertz CT molecular complexity index is 465. The molecule has 156 valence electrons. The smallest absolute Gasteiger partial charge is 0.331 e. The minimum Gasteiger partial charge on any atom is -0.462 e. The highest BCUT2D eigenvalue weighted by Gasteiger charge is 2.10. The molecule has 0 N–H and O–H groups in total. The maximum absolute atomic E-state index is 11.9. The van der Waals surface area contributed by atoms with Crippen molar-refractivity contribution in [3.8, 4) is 0 Å². The Balaban J connectivity index is 4.29. The maximum atomic E-state index is 11.9. The average Bonchev–Trinajstić information content (AvgIpc) is 2.66. The van der Waals surface area contributed by atoms with E-state index in [-0.39, 0.29) is 11.9 Å². The summed E-state index contributed by atoms with van der Waals surface area (Å²) in [7, 11) is 0. The van der Waals surface area contributed by atoms with Gasteiger partial charge in [0.15, 0.2) is 0 Å². The molecular formula is C23H40O4. The summed E-state index contributed by atoms with van der Waals surface area (Å²) in [5.41, 5.74) is 0.677. The van der Waals surface area contributed by atoms with Gasteiger partial charge < -0.3 is 9.47 Å². The van der Waals surface area contributed by atoms with Gasteiger partial charge in [0.05, 0.1) is 13.2 Å². The number of carbonyl (C=O) groups is 2. The second-order valence-corrected chi connectivity index (χ2v) is 7.31. The molecule has 0 aliphatic rings. The minimum atomic E-state index is -0.364. The number of hydrogen-bond donors (Lipinski definition) is 0. The van der Waals surface area contributed by atoms with Crippen molar-refractivity contribution in [1.29, 1.82) is 0 Å². The van der Waals surface area contributed by atoms with Crippen LogP contribution in [0.1, 0.15) is 86.0 Å². The van der Waals surface area contributed by atoms with Crippen molar-refractivity contribution >= 4 is 11.9 Å². The summed E-state index contributed by atoms with van der Waals surface area (Å²) < 4.78 is 10.6. The van der Waals surface area contributed by atoms with Crippen molar-refractivity contribution in [3.63, 3.8) is 0 Å². The zero-order valence-corrected chi connectivity index (χ0v) is 18.1. The quantitative estimate of drug-likeness (QED) is 0.198. The van der Waals surface area contributed by atoms with Crippen LogP contribution in [-0.4, -0.2) is 25.2 Å². The summed E-state index contributed by atoms with van der Waals surface area (Å²) >= 11 is 0. The fourth-order valence-electron chi connectivity index (χ4n) is 2.72. The molecule has 0 aromatic rings. The van der Waals surface area contributed by atoms with Crippen LogP contribution in [0.3, 0.4) is 0 Å². The molecule has 0 aliphatic carbocycles. The SMILES string of the molecule is CCCCC(CC)COC(=O)/C=C/C(C)=C/C(=O)OCC(CC)CCCC. The molecule has 0 aliphatic heterocycles. The molecule has 0 bridgehead atoms. The summed E-state index contributed by atoms with van der Waals surface area (Å²) in [4.78, 5) is 23.7. The molecule has 2 unspecified atom stereocenters. The lowest BCUT2D eigenvalue weighted by Gasteiger charge is -2.14. The Morgan fingerprint density at radius 1 is 0.778 bits per heavy atom. The molecule has 0 saturated heterocycles. The molecule has 0 amide bonds. The number of ether oxygens (including phenoxy) is 2. The third kappa shape index (κ3) is 14.2. The van der Waals surface area contributed by atoms with Gasteiger partial charge in [0.1, 0.15) is 0 Å². The van der Waals surface area contributed by atoms with Gasteiger partial charge in [-0.05, 0) is 37.2 Å². The molecule has 4 heteroatoms. The lowest BCUT2D eigenvalue weighted by molar-refractivity contribution is -0.140. The molecule has 4 nitrogen and oxygen atoms in total. The number of carbonyl (C=O) groups excluding carboxylic acids is 2. The van der Waals surface area contributed by atoms with E-state index in [9.17, 15) is 9.59 Å². The highest BCUT2D eigenvalue weighted by Crippen LogP contribution is 2.14. The van der Waals surface area contributed by atoms with Crippen molar-refractivity contribution in [2.75, 3.05) is 13.2 Å². The number of rotatable bonds is 15. The number of esters is 2. The first kappa shape index (κ1) is 25.4. The van der Waals surface area contributed by atoms with E-state index in [1.807, 2.05) is 0 Å². The fourth-order valence-corrected chi connectivity index (χ4v) is 2.72. The predicted octanol–water partition coefficient (Wildman–Crippen LogP) is 6.01. The Kier molecular flexibility index (Phi) is 15.6. The van der Waals surface area contributed by atoms with Crippen LogP contribution in [0.4, 0.5) is 0 Å². The lowest BCUT2D eigenvalue weighted by atomic mass is 10.0. The predicted molar refractivity (Wildman–Crippen MR) is 111 cm³/mol. The summed E-state index contributed by atoms with van der Waals surface area (Å²) in [5.74, 6) is 0.128. The van der Waals surface area contributed by atoms with E-state index in [4.69, 9.17) is 9.47 Å². The Hall–Kier alpha value is -1.58. The van der Waals surface area contributed by atoms with Crippen molar-refractivity contribution in [1.82, 2.24) is 0 Å². The highest BCUT2D eigenvalue weighted by atomic mass is 16.5. The second-order valence-electron chi connectivity index (χ2n) is 7.31. The molecule has 0 radical (unpaired) electrons. The normalized spacial score (nSPS) is 14.2. The second kappa shape index (κ2) is 16.6. The molecule has 0 fully saturated rings. The van der Waals surface area contributed by atoms with Crippen LogP contribution in [0.15, 0.2) is 23.8 Å². The molecular weight excluding hydrogens is 340 g/mol. The van der Waals surface area contributed by atoms with Crippen LogP contribution in [0, 0.1) is 11.8 Å². The average molecular weight is 381 g/mol. The van der Waals surface area contributed by atoms with Gasteiger partial charge in [-0.3, -0.25) is 0 Å². The van der Waals surface area contributed by atoms with Gasteiger partial charge in [0.2, 0.25) is 0 Å². The third-order valence-electron chi connectivity index (χ3n) is 4.84. The van der Waals surface area contributed by atoms with E-state index in [0.29, 0.717) is 30.6 Å². The Morgan fingerprint density at radius 3 is 1.70 bits per heavy atom. The van der Waals surface area contributed by atoms with Crippen molar-refractivity contribution in [2.24, 2.45) is 11.8 Å². The fraction of sp³-hybridized carbons (Fsp3) is 0.739. The Morgan fingerprint density at radius 2 is 1.26 bits per heavy atom. The molecule has 2 atom stereocenters. The van der Waals surface area contributed by atoms with E-state index in [1.54, 1.807) is 13.0 Å². The lowest BCUT2D eigenvalue weighted by Crippen LogP contribution is -2.13. The van der Waals surface area contributed by atoms with E-state index < -0.39 is 0 Å². The molecule has 27 heavy (non-hydrogen) atoms. The summed E-state index contributed by atoms with van der Waals surface area (Å²) in [6.45, 7) is 11.3. The van der Waals surface area contributed by atoms with Crippen LogP contribution in [0.2, 0.25) is 0 Å².